The van der Waals surface area contributed by atoms with Crippen LogP contribution in [0.25, 0.3) is 0 Å². The van der Waals surface area contributed by atoms with E-state index in [2.05, 4.69) is 20.9 Å². The molecule has 3 fully saturated rings. The van der Waals surface area contributed by atoms with Crippen molar-refractivity contribution in [2.45, 2.75) is 76.4 Å². The predicted octanol–water partition coefficient (Wildman–Crippen LogP) is 5.80. The van der Waals surface area contributed by atoms with Crippen LogP contribution >= 0.6 is 12.2 Å². The van der Waals surface area contributed by atoms with Crippen LogP contribution in [0, 0.1) is 11.3 Å². The molecule has 14 nitrogen and oxygen atoms in total. The van der Waals surface area contributed by atoms with Gasteiger partial charge in [0.25, 0.3) is 5.91 Å². The number of hydrogen-bond acceptors (Lipinski definition) is 11. The molecule has 0 bridgehead atoms. The summed E-state index contributed by atoms with van der Waals surface area (Å²) in [6.45, 7) is 6.27. The number of benzene rings is 2. The molecule has 0 radical (unpaired) electrons. The number of carbonyl (C=O) groups is 4. The molecule has 6 rings (SSSR count). The number of thiocarbonyl (C=S) groups is 1. The van der Waals surface area contributed by atoms with Crippen molar-refractivity contribution in [3.8, 4) is 11.8 Å². The molecule has 21 heteroatoms. The minimum atomic E-state index is -4.92. The summed E-state index contributed by atoms with van der Waals surface area (Å²) >= 11 is 5.66. The van der Waals surface area contributed by atoms with E-state index in [0.717, 1.165) is 16.0 Å². The minimum Gasteiger partial charge on any atom is -0.492 e. The number of pyridine rings is 1. The number of anilines is 4. The van der Waals surface area contributed by atoms with E-state index >= 15 is 0 Å². The molecule has 0 saturated carbocycles. The molecule has 62 heavy (non-hydrogen) atoms. The quantitative estimate of drug-likeness (QED) is 0.114. The van der Waals surface area contributed by atoms with Crippen LogP contribution in [-0.2, 0) is 25.4 Å². The number of piperidine rings is 1. The second kappa shape index (κ2) is 17.9. The second-order valence-electron chi connectivity index (χ2n) is 15.8. The van der Waals surface area contributed by atoms with Gasteiger partial charge in [0, 0.05) is 49.7 Å². The van der Waals surface area contributed by atoms with Crippen LogP contribution < -0.4 is 30.5 Å². The van der Waals surface area contributed by atoms with E-state index < -0.39 is 72.0 Å². The fourth-order valence-electron chi connectivity index (χ4n) is 7.56. The van der Waals surface area contributed by atoms with E-state index in [0.29, 0.717) is 34.4 Å². The first kappa shape index (κ1) is 45.7. The highest BCUT2D eigenvalue weighted by molar-refractivity contribution is 7.81. The molecule has 330 valence electrons. The van der Waals surface area contributed by atoms with Gasteiger partial charge >= 0.3 is 12.4 Å². The average Bonchev–Trinajstić information content (AvgIpc) is 3.37. The molecule has 0 aliphatic carbocycles. The van der Waals surface area contributed by atoms with E-state index in [1.165, 1.54) is 11.0 Å². The molecule has 3 aliphatic rings. The molecule has 1 aromatic heterocycles. The number of aromatic nitrogens is 1. The maximum Gasteiger partial charge on any atom is 0.419 e. The number of amides is 4. The van der Waals surface area contributed by atoms with Crippen LogP contribution in [0.5, 0.6) is 5.75 Å². The van der Waals surface area contributed by atoms with Crippen molar-refractivity contribution in [3.63, 3.8) is 0 Å². The van der Waals surface area contributed by atoms with E-state index in [1.807, 2.05) is 13.8 Å². The Morgan fingerprint density at radius 3 is 2.44 bits per heavy atom. The van der Waals surface area contributed by atoms with Crippen molar-refractivity contribution in [1.29, 1.82) is 5.26 Å². The van der Waals surface area contributed by atoms with Gasteiger partial charge in [-0.3, -0.25) is 39.2 Å². The zero-order chi connectivity index (χ0) is 45.3. The molecule has 4 amide bonds. The summed E-state index contributed by atoms with van der Waals surface area (Å²) in [5.41, 5.74) is -1.87. The SMILES string of the molecule is CC(C)c1cc(N2C(=S)N(c3cnc(C#N)c(C(F)(F)F)c3)C(=O)C2(C)C)ccc1OCCN1CCN(CC(=O)Nc2cccc(NC3CCC(=O)NC3=O)c2)[C@H](C(F)(F)F)C1. The zero-order valence-corrected chi connectivity index (χ0v) is 34.8. The van der Waals surface area contributed by atoms with Crippen molar-refractivity contribution >= 4 is 63.7 Å². The smallest absolute Gasteiger partial charge is 0.419 e. The normalized spacial score (nSPS) is 20.0. The van der Waals surface area contributed by atoms with Crippen LogP contribution in [0.4, 0.5) is 49.1 Å². The number of alkyl halides is 6. The third-order valence-electron chi connectivity index (χ3n) is 10.8. The third kappa shape index (κ3) is 9.92. The van der Waals surface area contributed by atoms with Gasteiger partial charge in [0.1, 0.15) is 36.0 Å². The molecule has 3 aromatic rings. The number of nitriles is 1. The van der Waals surface area contributed by atoms with Crippen LogP contribution in [0.15, 0.2) is 54.7 Å². The standard InChI is InChI=1S/C41H43F6N9O5S/c1-23(2)28-17-26(56-38(62)55(37(60)39(56,3)4)27-18-29(40(42,43)44)31(19-48)49-20-27)8-10-32(28)61-15-14-53-12-13-54(33(21-53)41(45,46)47)22-35(58)51-25-7-5-6-24(16-25)50-30-9-11-34(57)52-36(30)59/h5-8,10,16-18,20,23,30,33,50H,9,11-15,21-22H2,1-4H3,(H,51,58)(H,52,57,59)/t30?,33-/m0/s1. The van der Waals surface area contributed by atoms with E-state index in [-0.39, 0.29) is 61.7 Å². The zero-order valence-electron chi connectivity index (χ0n) is 34.0. The van der Waals surface area contributed by atoms with Gasteiger partial charge in [-0.2, -0.15) is 31.6 Å². The van der Waals surface area contributed by atoms with Crippen LogP contribution in [0.1, 0.15) is 63.3 Å². The Morgan fingerprint density at radius 2 is 1.77 bits per heavy atom. The average molecular weight is 888 g/mol. The number of piperazine rings is 1. The highest BCUT2D eigenvalue weighted by Crippen LogP contribution is 2.41. The van der Waals surface area contributed by atoms with Crippen LogP contribution in [0.3, 0.4) is 0 Å². The Morgan fingerprint density at radius 1 is 1.05 bits per heavy atom. The number of nitrogens with zero attached hydrogens (tertiary/aromatic N) is 6. The summed E-state index contributed by atoms with van der Waals surface area (Å²) in [6, 6.07) is 10.8. The molecule has 0 spiro atoms. The molecular weight excluding hydrogens is 845 g/mol. The van der Waals surface area contributed by atoms with Crippen molar-refractivity contribution < 1.29 is 50.3 Å². The number of carbonyl (C=O) groups excluding carboxylic acids is 4. The van der Waals surface area contributed by atoms with E-state index in [1.54, 1.807) is 61.2 Å². The highest BCUT2D eigenvalue weighted by Gasteiger charge is 2.51. The highest BCUT2D eigenvalue weighted by atomic mass is 32.1. The monoisotopic (exact) mass is 887 g/mol. The summed E-state index contributed by atoms with van der Waals surface area (Å²) < 4.78 is 90.6. The summed E-state index contributed by atoms with van der Waals surface area (Å²) in [5, 5.41) is 16.9. The maximum absolute atomic E-state index is 14.4. The predicted molar refractivity (Wildman–Crippen MR) is 219 cm³/mol. The largest absolute Gasteiger partial charge is 0.492 e. The fraction of sp³-hybridized carbons (Fsp3) is 0.439. The summed E-state index contributed by atoms with van der Waals surface area (Å²) in [6.07, 6.45) is -8.13. The van der Waals surface area contributed by atoms with Crippen molar-refractivity contribution in [1.82, 2.24) is 20.1 Å². The molecule has 3 saturated heterocycles. The first-order valence-electron chi connectivity index (χ1n) is 19.5. The summed E-state index contributed by atoms with van der Waals surface area (Å²) in [5.74, 6) is -1.85. The van der Waals surface area contributed by atoms with Crippen LogP contribution in [-0.4, -0.2) is 107 Å². The van der Waals surface area contributed by atoms with Crippen molar-refractivity contribution in [3.05, 3.63) is 71.5 Å². The number of nitrogens with one attached hydrogen (secondary N) is 3. The van der Waals surface area contributed by atoms with Crippen molar-refractivity contribution in [2.75, 3.05) is 59.8 Å². The molecule has 1 unspecified atom stereocenters. The van der Waals surface area contributed by atoms with Gasteiger partial charge in [-0.15, -0.1) is 0 Å². The number of imide groups is 1. The molecule has 4 heterocycles. The number of hydrogen-bond donors (Lipinski definition) is 3. The third-order valence-corrected chi connectivity index (χ3v) is 11.1. The molecule has 2 aromatic carbocycles. The maximum atomic E-state index is 14.4. The van der Waals surface area contributed by atoms with Gasteiger partial charge in [-0.05, 0) is 86.4 Å². The van der Waals surface area contributed by atoms with Gasteiger partial charge in [-0.25, -0.2) is 4.98 Å². The Balaban J connectivity index is 1.08. The Kier molecular flexibility index (Phi) is 13.2. The fourth-order valence-corrected chi connectivity index (χ4v) is 8.09. The van der Waals surface area contributed by atoms with E-state index in [4.69, 9.17) is 17.0 Å². The van der Waals surface area contributed by atoms with Crippen LogP contribution in [0.2, 0.25) is 0 Å². The van der Waals surface area contributed by atoms with Gasteiger partial charge < -0.3 is 20.3 Å². The Labute approximate surface area is 358 Å². The van der Waals surface area contributed by atoms with E-state index in [9.17, 15) is 50.8 Å². The molecule has 2 atom stereocenters. The minimum absolute atomic E-state index is 0.0143. The Bertz CT molecular complexity index is 2300. The number of ether oxygens (including phenoxy) is 1. The second-order valence-corrected chi connectivity index (χ2v) is 16.2. The lowest BCUT2D eigenvalue weighted by molar-refractivity contribution is -0.197. The lowest BCUT2D eigenvalue weighted by atomic mass is 9.98. The van der Waals surface area contributed by atoms with Gasteiger partial charge in [0.05, 0.1) is 24.0 Å². The lowest BCUT2D eigenvalue weighted by Gasteiger charge is -2.41. The summed E-state index contributed by atoms with van der Waals surface area (Å²) in [7, 11) is 0. The molecular formula is C41H43F6N9O5S. The number of rotatable bonds is 12. The van der Waals surface area contributed by atoms with Crippen molar-refractivity contribution in [2.24, 2.45) is 0 Å². The first-order valence-corrected chi connectivity index (χ1v) is 20.0. The molecule has 3 aliphatic heterocycles. The lowest BCUT2D eigenvalue weighted by Crippen LogP contribution is -2.60. The van der Waals surface area contributed by atoms with Gasteiger partial charge in [0.15, 0.2) is 10.8 Å². The summed E-state index contributed by atoms with van der Waals surface area (Å²) in [4.78, 5) is 59.1. The number of halogens is 6. The molecule has 3 N–H and O–H groups in total. The topological polar surface area (TPSA) is 163 Å². The van der Waals surface area contributed by atoms with Gasteiger partial charge in [-0.1, -0.05) is 19.9 Å². The first-order chi connectivity index (χ1) is 29.1. The van der Waals surface area contributed by atoms with Gasteiger partial charge in [0.2, 0.25) is 17.7 Å². The Hall–Kier alpha value is -5.85.